The first-order valence-corrected chi connectivity index (χ1v) is 9.46. The number of nitrogens with one attached hydrogen (secondary N) is 1. The van der Waals surface area contributed by atoms with Crippen molar-refractivity contribution in [2.75, 3.05) is 42.9 Å². The van der Waals surface area contributed by atoms with E-state index in [1.165, 1.54) is 6.07 Å². The first-order chi connectivity index (χ1) is 14.1. The van der Waals surface area contributed by atoms with Gasteiger partial charge in [-0.05, 0) is 18.2 Å². The Labute approximate surface area is 174 Å². The van der Waals surface area contributed by atoms with Crippen LogP contribution in [0.3, 0.4) is 0 Å². The van der Waals surface area contributed by atoms with Crippen molar-refractivity contribution in [2.24, 2.45) is 0 Å². The van der Waals surface area contributed by atoms with Gasteiger partial charge in [0.15, 0.2) is 11.6 Å². The Morgan fingerprint density at radius 2 is 1.80 bits per heavy atom. The van der Waals surface area contributed by atoms with Crippen molar-refractivity contribution < 1.29 is 26.7 Å². The number of carbonyl (C=O) groups is 1. The van der Waals surface area contributed by atoms with Crippen molar-refractivity contribution in [3.63, 3.8) is 0 Å². The molecule has 1 N–H and O–H groups in total. The predicted octanol–water partition coefficient (Wildman–Crippen LogP) is 4.18. The van der Waals surface area contributed by atoms with Crippen LogP contribution in [0.4, 0.5) is 33.5 Å². The molecule has 2 aromatic rings. The number of anilines is 2. The third-order valence-corrected chi connectivity index (χ3v) is 4.96. The largest absolute Gasteiger partial charge is 0.417 e. The van der Waals surface area contributed by atoms with Gasteiger partial charge in [-0.2, -0.15) is 13.2 Å². The normalized spacial score (nSPS) is 15.3. The van der Waals surface area contributed by atoms with Crippen molar-refractivity contribution >= 4 is 29.0 Å². The molecule has 0 aliphatic carbocycles. The van der Waals surface area contributed by atoms with E-state index in [-0.39, 0.29) is 23.0 Å². The van der Waals surface area contributed by atoms with Crippen molar-refractivity contribution in [1.29, 1.82) is 0 Å². The van der Waals surface area contributed by atoms with Crippen LogP contribution in [-0.2, 0) is 11.0 Å². The zero-order chi connectivity index (χ0) is 21.9. The van der Waals surface area contributed by atoms with E-state index in [1.807, 2.05) is 4.90 Å². The Kier molecular flexibility index (Phi) is 6.77. The maximum atomic E-state index is 13.2. The highest BCUT2D eigenvalue weighted by molar-refractivity contribution is 6.33. The fourth-order valence-corrected chi connectivity index (χ4v) is 3.34. The Morgan fingerprint density at radius 3 is 2.40 bits per heavy atom. The molecule has 2 heterocycles. The van der Waals surface area contributed by atoms with E-state index in [1.54, 1.807) is 4.90 Å². The Morgan fingerprint density at radius 1 is 1.10 bits per heavy atom. The van der Waals surface area contributed by atoms with Crippen LogP contribution < -0.4 is 10.2 Å². The molecule has 1 saturated heterocycles. The molecule has 0 bridgehead atoms. The number of hydrogen-bond acceptors (Lipinski definition) is 4. The average molecular weight is 449 g/mol. The minimum absolute atomic E-state index is 0.0656. The predicted molar refractivity (Wildman–Crippen MR) is 103 cm³/mol. The van der Waals surface area contributed by atoms with Crippen LogP contribution in [0.5, 0.6) is 0 Å². The second-order valence-electron chi connectivity index (χ2n) is 6.78. The number of pyridine rings is 1. The number of piperazine rings is 1. The van der Waals surface area contributed by atoms with Gasteiger partial charge in [0.2, 0.25) is 5.91 Å². The number of benzene rings is 1. The standard InChI is InChI=1S/C19H18ClF5N4O/c20-14-9-12(19(23,24)25)11-26-18(14)29-7-5-28(6-8-29)4-3-17(30)27-13-1-2-15(21)16(22)10-13/h1-2,9-11H,3-8H2,(H,27,30). The van der Waals surface area contributed by atoms with Gasteiger partial charge in [0, 0.05) is 57.1 Å². The van der Waals surface area contributed by atoms with Crippen LogP contribution in [0.15, 0.2) is 30.5 Å². The molecular formula is C19H18ClF5N4O. The third-order valence-electron chi connectivity index (χ3n) is 4.68. The first-order valence-electron chi connectivity index (χ1n) is 9.08. The topological polar surface area (TPSA) is 48.5 Å². The number of halogens is 6. The molecule has 30 heavy (non-hydrogen) atoms. The van der Waals surface area contributed by atoms with Gasteiger partial charge in [0.05, 0.1) is 10.6 Å². The molecule has 1 fully saturated rings. The third kappa shape index (κ3) is 5.57. The summed E-state index contributed by atoms with van der Waals surface area (Å²) in [5.74, 6) is -2.08. The van der Waals surface area contributed by atoms with Crippen molar-refractivity contribution in [2.45, 2.75) is 12.6 Å². The van der Waals surface area contributed by atoms with E-state index in [9.17, 15) is 26.7 Å². The lowest BCUT2D eigenvalue weighted by atomic mass is 10.2. The van der Waals surface area contributed by atoms with Crippen molar-refractivity contribution in [1.82, 2.24) is 9.88 Å². The maximum Gasteiger partial charge on any atom is 0.417 e. The lowest BCUT2D eigenvalue weighted by Gasteiger charge is -2.35. The minimum Gasteiger partial charge on any atom is -0.353 e. The first kappa shape index (κ1) is 22.2. The molecule has 0 atom stereocenters. The van der Waals surface area contributed by atoms with Crippen LogP contribution in [0.25, 0.3) is 0 Å². The molecule has 3 rings (SSSR count). The summed E-state index contributed by atoms with van der Waals surface area (Å²) in [6.45, 7) is 2.55. The maximum absolute atomic E-state index is 13.2. The molecule has 1 aliphatic heterocycles. The monoisotopic (exact) mass is 448 g/mol. The smallest absolute Gasteiger partial charge is 0.353 e. The number of carbonyl (C=O) groups excluding carboxylic acids is 1. The van der Waals surface area contributed by atoms with Crippen LogP contribution in [0.2, 0.25) is 5.02 Å². The molecule has 1 aromatic heterocycles. The number of alkyl halides is 3. The summed E-state index contributed by atoms with van der Waals surface area (Å²) in [6.07, 6.45) is -3.59. The zero-order valence-electron chi connectivity index (χ0n) is 15.6. The van der Waals surface area contributed by atoms with Gasteiger partial charge in [-0.1, -0.05) is 11.6 Å². The zero-order valence-corrected chi connectivity index (χ0v) is 16.4. The van der Waals surface area contributed by atoms with E-state index >= 15 is 0 Å². The van der Waals surface area contributed by atoms with E-state index in [0.29, 0.717) is 38.5 Å². The van der Waals surface area contributed by atoms with Gasteiger partial charge >= 0.3 is 6.18 Å². The van der Waals surface area contributed by atoms with Crippen LogP contribution >= 0.6 is 11.6 Å². The van der Waals surface area contributed by atoms with E-state index in [2.05, 4.69) is 10.3 Å². The van der Waals surface area contributed by atoms with Crippen LogP contribution in [0.1, 0.15) is 12.0 Å². The Hall–Kier alpha value is -2.46. The van der Waals surface area contributed by atoms with Crippen molar-refractivity contribution in [3.8, 4) is 0 Å². The van der Waals surface area contributed by atoms with E-state index in [0.717, 1.165) is 24.4 Å². The highest BCUT2D eigenvalue weighted by Gasteiger charge is 2.32. The molecule has 0 saturated carbocycles. The highest BCUT2D eigenvalue weighted by Crippen LogP contribution is 2.33. The molecule has 0 radical (unpaired) electrons. The molecule has 11 heteroatoms. The summed E-state index contributed by atoms with van der Waals surface area (Å²) in [7, 11) is 0. The molecule has 0 spiro atoms. The van der Waals surface area contributed by atoms with Gasteiger partial charge in [0.25, 0.3) is 0 Å². The number of aromatic nitrogens is 1. The van der Waals surface area contributed by atoms with Crippen molar-refractivity contribution in [3.05, 3.63) is 52.7 Å². The molecule has 1 aromatic carbocycles. The summed E-state index contributed by atoms with van der Waals surface area (Å²) < 4.78 is 64.3. The van der Waals surface area contributed by atoms with Crippen LogP contribution in [0, 0.1) is 11.6 Å². The summed E-state index contributed by atoms with van der Waals surface area (Å²) >= 11 is 5.98. The molecule has 1 amide bonds. The fourth-order valence-electron chi connectivity index (χ4n) is 3.06. The van der Waals surface area contributed by atoms with Gasteiger partial charge in [-0.15, -0.1) is 0 Å². The number of nitrogens with zero attached hydrogens (tertiary/aromatic N) is 3. The minimum atomic E-state index is -4.51. The second-order valence-corrected chi connectivity index (χ2v) is 7.19. The molecule has 0 unspecified atom stereocenters. The second kappa shape index (κ2) is 9.13. The van der Waals surface area contributed by atoms with Crippen LogP contribution in [-0.4, -0.2) is 48.5 Å². The number of hydrogen-bond donors (Lipinski definition) is 1. The van der Waals surface area contributed by atoms with E-state index in [4.69, 9.17) is 11.6 Å². The van der Waals surface area contributed by atoms with Gasteiger partial charge < -0.3 is 10.2 Å². The summed E-state index contributed by atoms with van der Waals surface area (Å²) in [5, 5.41) is 2.44. The van der Waals surface area contributed by atoms with E-state index < -0.39 is 23.4 Å². The Balaban J connectivity index is 1.47. The SMILES string of the molecule is O=C(CCN1CCN(c2ncc(C(F)(F)F)cc2Cl)CC1)Nc1ccc(F)c(F)c1. The average Bonchev–Trinajstić information content (AvgIpc) is 2.69. The summed E-state index contributed by atoms with van der Waals surface area (Å²) in [6, 6.07) is 3.98. The van der Waals surface area contributed by atoms with Gasteiger partial charge in [0.1, 0.15) is 5.82 Å². The summed E-state index contributed by atoms with van der Waals surface area (Å²) in [5.41, 5.74) is -0.728. The molecule has 1 aliphatic rings. The fraction of sp³-hybridized carbons (Fsp3) is 0.368. The molecular weight excluding hydrogens is 431 g/mol. The Bertz CT molecular complexity index is 916. The number of amides is 1. The lowest BCUT2D eigenvalue weighted by Crippen LogP contribution is -2.47. The highest BCUT2D eigenvalue weighted by atomic mass is 35.5. The van der Waals surface area contributed by atoms with Gasteiger partial charge in [-0.25, -0.2) is 13.8 Å². The quantitative estimate of drug-likeness (QED) is 0.697. The summed E-state index contributed by atoms with van der Waals surface area (Å²) in [4.78, 5) is 19.7. The molecule has 162 valence electrons. The molecule has 5 nitrogen and oxygen atoms in total. The lowest BCUT2D eigenvalue weighted by molar-refractivity contribution is -0.137. The number of rotatable bonds is 5. The van der Waals surface area contributed by atoms with Gasteiger partial charge in [-0.3, -0.25) is 9.69 Å².